The number of carbonyl (C=O) groups excluding carboxylic acids is 1. The molecule has 0 saturated carbocycles. The van der Waals surface area contributed by atoms with Crippen LogP contribution >= 0.6 is 0 Å². The van der Waals surface area contributed by atoms with Crippen molar-refractivity contribution in [3.8, 4) is 5.75 Å². The van der Waals surface area contributed by atoms with E-state index in [1.165, 1.54) is 6.07 Å². The van der Waals surface area contributed by atoms with Crippen molar-refractivity contribution in [2.45, 2.75) is 44.3 Å². The summed E-state index contributed by atoms with van der Waals surface area (Å²) >= 11 is 0. The summed E-state index contributed by atoms with van der Waals surface area (Å²) in [6, 6.07) is 32.6. The molecule has 6 nitrogen and oxygen atoms in total. The summed E-state index contributed by atoms with van der Waals surface area (Å²) in [7, 11) is -4.01. The number of nitrogens with zero attached hydrogens (tertiary/aromatic N) is 1. The highest BCUT2D eigenvalue weighted by Crippen LogP contribution is 2.23. The van der Waals surface area contributed by atoms with Gasteiger partial charge in [-0.3, -0.25) is 4.79 Å². The van der Waals surface area contributed by atoms with Crippen molar-refractivity contribution in [1.82, 2.24) is 9.62 Å². The van der Waals surface area contributed by atoms with Crippen LogP contribution in [0.2, 0.25) is 0 Å². The summed E-state index contributed by atoms with van der Waals surface area (Å²) in [6.07, 6.45) is 0.217. The molecule has 202 valence electrons. The number of rotatable bonds is 12. The van der Waals surface area contributed by atoms with Crippen molar-refractivity contribution in [3.05, 3.63) is 131 Å². The average molecular weight is 543 g/mol. The maximum Gasteiger partial charge on any atom is 0.241 e. The molecule has 1 N–H and O–H groups in total. The number of nitrogens with one attached hydrogen (secondary N) is 1. The molecule has 0 aliphatic rings. The average Bonchev–Trinajstić information content (AvgIpc) is 2.95. The van der Waals surface area contributed by atoms with E-state index in [0.717, 1.165) is 16.7 Å². The van der Waals surface area contributed by atoms with Gasteiger partial charge in [-0.05, 0) is 60.7 Å². The molecule has 1 atom stereocenters. The first kappa shape index (κ1) is 28.1. The minimum atomic E-state index is -4.01. The third-order valence-electron chi connectivity index (χ3n) is 6.38. The summed E-state index contributed by atoms with van der Waals surface area (Å²) in [5, 5.41) is 0. The van der Waals surface area contributed by atoms with E-state index >= 15 is 0 Å². The second-order valence-electron chi connectivity index (χ2n) is 9.39. The Morgan fingerprint density at radius 2 is 1.31 bits per heavy atom. The van der Waals surface area contributed by atoms with Gasteiger partial charge < -0.3 is 9.64 Å². The van der Waals surface area contributed by atoms with Gasteiger partial charge in [0.05, 0.1) is 11.5 Å². The van der Waals surface area contributed by atoms with Crippen LogP contribution in [-0.2, 0) is 34.3 Å². The van der Waals surface area contributed by atoms with Gasteiger partial charge in [0.2, 0.25) is 15.9 Å². The van der Waals surface area contributed by atoms with E-state index in [1.807, 2.05) is 97.9 Å². The number of sulfonamides is 1. The maximum absolute atomic E-state index is 14.2. The predicted molar refractivity (Wildman–Crippen MR) is 154 cm³/mol. The van der Waals surface area contributed by atoms with Gasteiger partial charge >= 0.3 is 0 Å². The van der Waals surface area contributed by atoms with Crippen molar-refractivity contribution in [3.63, 3.8) is 0 Å². The molecule has 0 bridgehead atoms. The lowest BCUT2D eigenvalue weighted by Crippen LogP contribution is -2.49. The molecule has 0 radical (unpaired) electrons. The number of amides is 1. The molecule has 0 fully saturated rings. The maximum atomic E-state index is 14.2. The van der Waals surface area contributed by atoms with Gasteiger partial charge in [-0.2, -0.15) is 4.72 Å². The van der Waals surface area contributed by atoms with Crippen LogP contribution in [0, 0.1) is 6.92 Å². The second kappa shape index (κ2) is 13.2. The Bertz CT molecular complexity index is 1420. The molecule has 0 heterocycles. The molecule has 4 aromatic rings. The van der Waals surface area contributed by atoms with E-state index in [2.05, 4.69) is 4.72 Å². The molecule has 0 saturated heterocycles. The Kier molecular flexibility index (Phi) is 9.52. The van der Waals surface area contributed by atoms with Crippen molar-refractivity contribution in [2.24, 2.45) is 0 Å². The van der Waals surface area contributed by atoms with Gasteiger partial charge in [0, 0.05) is 13.1 Å². The number of benzene rings is 4. The topological polar surface area (TPSA) is 75.7 Å². The molecule has 39 heavy (non-hydrogen) atoms. The van der Waals surface area contributed by atoms with Crippen LogP contribution in [0.25, 0.3) is 0 Å². The summed E-state index contributed by atoms with van der Waals surface area (Å²) < 4.78 is 35.5. The van der Waals surface area contributed by atoms with E-state index in [1.54, 1.807) is 24.0 Å². The smallest absolute Gasteiger partial charge is 0.241 e. The van der Waals surface area contributed by atoms with Gasteiger partial charge in [0.25, 0.3) is 0 Å². The van der Waals surface area contributed by atoms with Crippen molar-refractivity contribution >= 4 is 15.9 Å². The van der Waals surface area contributed by atoms with Gasteiger partial charge in [-0.25, -0.2) is 8.42 Å². The Labute approximate surface area is 231 Å². The predicted octanol–water partition coefficient (Wildman–Crippen LogP) is 5.51. The molecular formula is C32H34N2O4S. The molecule has 7 heteroatoms. The molecule has 0 spiro atoms. The van der Waals surface area contributed by atoms with E-state index in [-0.39, 0.29) is 17.2 Å². The second-order valence-corrected chi connectivity index (χ2v) is 11.1. The summed E-state index contributed by atoms with van der Waals surface area (Å²) in [6.45, 7) is 4.87. The van der Waals surface area contributed by atoms with Crippen molar-refractivity contribution in [1.29, 1.82) is 0 Å². The van der Waals surface area contributed by atoms with Crippen molar-refractivity contribution < 1.29 is 17.9 Å². The lowest BCUT2D eigenvalue weighted by molar-refractivity contribution is -0.134. The van der Waals surface area contributed by atoms with Crippen LogP contribution in [0.4, 0.5) is 0 Å². The van der Waals surface area contributed by atoms with E-state index in [4.69, 9.17) is 4.74 Å². The first-order valence-corrected chi connectivity index (χ1v) is 14.5. The Balaban J connectivity index is 1.67. The van der Waals surface area contributed by atoms with Gasteiger partial charge in [0.15, 0.2) is 0 Å². The minimum absolute atomic E-state index is 0.0898. The minimum Gasteiger partial charge on any atom is -0.494 e. The molecule has 1 amide bonds. The zero-order valence-corrected chi connectivity index (χ0v) is 23.1. The number of aryl methyl sites for hydroxylation is 1. The summed E-state index contributed by atoms with van der Waals surface area (Å²) in [4.78, 5) is 16.0. The molecule has 0 aliphatic carbocycles. The van der Waals surface area contributed by atoms with E-state index in [9.17, 15) is 13.2 Å². The van der Waals surface area contributed by atoms with Crippen LogP contribution in [0.5, 0.6) is 5.75 Å². The number of carbonyl (C=O) groups is 1. The molecule has 0 unspecified atom stereocenters. The largest absolute Gasteiger partial charge is 0.494 e. The van der Waals surface area contributed by atoms with Crippen LogP contribution in [0.1, 0.15) is 29.2 Å². The van der Waals surface area contributed by atoms with E-state index < -0.39 is 16.1 Å². The Morgan fingerprint density at radius 1 is 0.795 bits per heavy atom. The fraction of sp³-hybridized carbons (Fsp3) is 0.219. The fourth-order valence-corrected chi connectivity index (χ4v) is 5.70. The van der Waals surface area contributed by atoms with Gasteiger partial charge in [0.1, 0.15) is 11.8 Å². The lowest BCUT2D eigenvalue weighted by Gasteiger charge is -2.28. The highest BCUT2D eigenvalue weighted by atomic mass is 32.2. The molecule has 0 aromatic heterocycles. The quantitative estimate of drug-likeness (QED) is 0.256. The van der Waals surface area contributed by atoms with E-state index in [0.29, 0.717) is 31.0 Å². The molecule has 4 aromatic carbocycles. The zero-order chi connectivity index (χ0) is 27.7. The number of hydrogen-bond donors (Lipinski definition) is 1. The van der Waals surface area contributed by atoms with Gasteiger partial charge in [-0.15, -0.1) is 0 Å². The highest BCUT2D eigenvalue weighted by Gasteiger charge is 2.30. The lowest BCUT2D eigenvalue weighted by atomic mass is 10.0. The highest BCUT2D eigenvalue weighted by molar-refractivity contribution is 7.89. The van der Waals surface area contributed by atoms with Crippen LogP contribution in [0.15, 0.2) is 114 Å². The summed E-state index contributed by atoms with van der Waals surface area (Å²) in [5.74, 6) is 0.336. The zero-order valence-electron chi connectivity index (χ0n) is 22.3. The van der Waals surface area contributed by atoms with Crippen LogP contribution in [0.3, 0.4) is 0 Å². The van der Waals surface area contributed by atoms with Crippen molar-refractivity contribution in [2.75, 3.05) is 6.61 Å². The van der Waals surface area contributed by atoms with Crippen LogP contribution in [-0.4, -0.2) is 31.9 Å². The first-order chi connectivity index (χ1) is 18.9. The Hall–Kier alpha value is -3.94. The van der Waals surface area contributed by atoms with Gasteiger partial charge in [-0.1, -0.05) is 91.0 Å². The third-order valence-corrected chi connectivity index (χ3v) is 7.85. The SMILES string of the molecule is CCOc1ccc(S(=O)(=O)N[C@H](Cc2ccccc2)C(=O)N(Cc2ccccc2)Cc2ccccc2)cc1C. The fourth-order valence-electron chi connectivity index (χ4n) is 4.43. The third kappa shape index (κ3) is 7.78. The molecular weight excluding hydrogens is 508 g/mol. The number of hydrogen-bond acceptors (Lipinski definition) is 4. The molecule has 4 rings (SSSR count). The first-order valence-electron chi connectivity index (χ1n) is 13.0. The molecule has 0 aliphatic heterocycles. The number of ether oxygens (including phenoxy) is 1. The summed E-state index contributed by atoms with van der Waals surface area (Å²) in [5.41, 5.74) is 3.50. The normalized spacial score (nSPS) is 12.1. The Morgan fingerprint density at radius 3 is 1.79 bits per heavy atom. The standard InChI is InChI=1S/C32H34N2O4S/c1-3-38-31-20-19-29(21-25(31)2)39(36,37)33-30(22-26-13-7-4-8-14-26)32(35)34(23-27-15-9-5-10-16-27)24-28-17-11-6-12-18-28/h4-21,30,33H,3,22-24H2,1-2H3/t30-/m1/s1. The van der Waals surface area contributed by atoms with Crippen LogP contribution < -0.4 is 9.46 Å². The monoisotopic (exact) mass is 542 g/mol.